The molecule has 1 saturated heterocycles. The fraction of sp³-hybridized carbons (Fsp3) is 0.435. The molecule has 2 aromatic rings. The molecule has 0 aromatic heterocycles. The topological polar surface area (TPSA) is 87.7 Å². The van der Waals surface area contributed by atoms with Crippen molar-refractivity contribution in [3.05, 3.63) is 59.2 Å². The molecule has 8 heteroatoms. The fourth-order valence-corrected chi connectivity index (χ4v) is 4.61. The number of carbonyl (C=O) groups is 1. The molecule has 1 aliphatic rings. The van der Waals surface area contributed by atoms with Gasteiger partial charge < -0.3 is 10.1 Å². The minimum absolute atomic E-state index is 0.179. The molecule has 1 heterocycles. The van der Waals surface area contributed by atoms with Crippen LogP contribution in [0.15, 0.2) is 47.4 Å². The van der Waals surface area contributed by atoms with Crippen LogP contribution in [0.2, 0.25) is 0 Å². The van der Waals surface area contributed by atoms with Gasteiger partial charge in [-0.2, -0.15) is 0 Å². The van der Waals surface area contributed by atoms with E-state index in [4.69, 9.17) is 4.74 Å². The number of hydrogen-bond acceptors (Lipinski definition) is 5. The molecule has 0 unspecified atom stereocenters. The Morgan fingerprint density at radius 3 is 2.29 bits per heavy atom. The van der Waals surface area contributed by atoms with E-state index in [2.05, 4.69) is 28.8 Å². The summed E-state index contributed by atoms with van der Waals surface area (Å²) in [6.45, 7) is 11.6. The molecular formula is C23H31N3O4S. The molecule has 168 valence electrons. The molecule has 0 saturated carbocycles. The molecule has 0 bridgehead atoms. The maximum atomic E-state index is 12.6. The zero-order valence-corrected chi connectivity index (χ0v) is 19.4. The van der Waals surface area contributed by atoms with E-state index in [0.717, 1.165) is 24.2 Å². The summed E-state index contributed by atoms with van der Waals surface area (Å²) in [6.07, 6.45) is 0. The minimum Gasteiger partial charge on any atom is -0.379 e. The lowest BCUT2D eigenvalue weighted by Gasteiger charge is -2.40. The largest absolute Gasteiger partial charge is 0.379 e. The number of sulfonamides is 1. The van der Waals surface area contributed by atoms with E-state index in [1.165, 1.54) is 0 Å². The molecule has 1 fully saturated rings. The third kappa shape index (κ3) is 5.84. The Morgan fingerprint density at radius 2 is 1.68 bits per heavy atom. The van der Waals surface area contributed by atoms with Gasteiger partial charge in [-0.15, -0.1) is 0 Å². The first-order valence-corrected chi connectivity index (χ1v) is 11.9. The lowest BCUT2D eigenvalue weighted by Crippen LogP contribution is -2.55. The van der Waals surface area contributed by atoms with Crippen LogP contribution in [0.5, 0.6) is 0 Å². The highest BCUT2D eigenvalue weighted by atomic mass is 32.2. The van der Waals surface area contributed by atoms with Gasteiger partial charge in [0.15, 0.2) is 0 Å². The molecule has 3 rings (SSSR count). The van der Waals surface area contributed by atoms with Crippen LogP contribution in [0.25, 0.3) is 0 Å². The van der Waals surface area contributed by atoms with Crippen LogP contribution < -0.4 is 10.0 Å². The molecule has 0 spiro atoms. The SMILES string of the molecule is Cc1ccc(S(=O)(=O)Nc2ccc(C(=O)NCC(C)(C)N3CCOCC3)cc2)cc1C. The normalized spacial score (nSPS) is 15.5. The first-order chi connectivity index (χ1) is 14.6. The Bertz CT molecular complexity index is 1030. The number of ether oxygens (including phenoxy) is 1. The average Bonchev–Trinajstić information content (AvgIpc) is 2.75. The number of anilines is 1. The second-order valence-corrected chi connectivity index (χ2v) is 10.2. The van der Waals surface area contributed by atoms with E-state index in [1.54, 1.807) is 42.5 Å². The van der Waals surface area contributed by atoms with Gasteiger partial charge in [-0.25, -0.2) is 8.42 Å². The van der Waals surface area contributed by atoms with Crippen LogP contribution >= 0.6 is 0 Å². The first kappa shape index (κ1) is 23.2. The van der Waals surface area contributed by atoms with Gasteiger partial charge >= 0.3 is 0 Å². The van der Waals surface area contributed by atoms with Crippen LogP contribution in [-0.2, 0) is 14.8 Å². The highest BCUT2D eigenvalue weighted by Gasteiger charge is 2.28. The van der Waals surface area contributed by atoms with Gasteiger partial charge in [-0.1, -0.05) is 6.07 Å². The number of hydrogen-bond donors (Lipinski definition) is 2. The van der Waals surface area contributed by atoms with Crippen molar-refractivity contribution in [3.8, 4) is 0 Å². The van der Waals surface area contributed by atoms with E-state index in [-0.39, 0.29) is 16.3 Å². The third-order valence-electron chi connectivity index (χ3n) is 5.74. The zero-order chi connectivity index (χ0) is 22.6. The summed E-state index contributed by atoms with van der Waals surface area (Å²) in [5.74, 6) is -0.190. The van der Waals surface area contributed by atoms with Crippen LogP contribution in [0.3, 0.4) is 0 Å². The molecule has 7 nitrogen and oxygen atoms in total. The van der Waals surface area contributed by atoms with Gasteiger partial charge in [0.1, 0.15) is 0 Å². The van der Waals surface area contributed by atoms with Crippen molar-refractivity contribution < 1.29 is 17.9 Å². The summed E-state index contributed by atoms with van der Waals surface area (Å²) in [4.78, 5) is 15.1. The quantitative estimate of drug-likeness (QED) is 0.684. The lowest BCUT2D eigenvalue weighted by molar-refractivity contribution is -0.00923. The smallest absolute Gasteiger partial charge is 0.261 e. The molecule has 31 heavy (non-hydrogen) atoms. The summed E-state index contributed by atoms with van der Waals surface area (Å²) >= 11 is 0. The monoisotopic (exact) mass is 445 g/mol. The second kappa shape index (κ2) is 9.38. The fourth-order valence-electron chi connectivity index (χ4n) is 3.46. The molecule has 0 atom stereocenters. The lowest BCUT2D eigenvalue weighted by atomic mass is 10.0. The number of carbonyl (C=O) groups excluding carboxylic acids is 1. The molecule has 1 aliphatic heterocycles. The van der Waals surface area contributed by atoms with E-state index in [1.807, 2.05) is 13.8 Å². The van der Waals surface area contributed by atoms with Crippen LogP contribution in [0.1, 0.15) is 35.3 Å². The molecule has 2 aromatic carbocycles. The average molecular weight is 446 g/mol. The van der Waals surface area contributed by atoms with Crippen molar-refractivity contribution in [2.75, 3.05) is 37.6 Å². The van der Waals surface area contributed by atoms with Crippen LogP contribution in [0.4, 0.5) is 5.69 Å². The van der Waals surface area contributed by atoms with E-state index >= 15 is 0 Å². The highest BCUT2D eigenvalue weighted by molar-refractivity contribution is 7.92. The van der Waals surface area contributed by atoms with Crippen molar-refractivity contribution in [2.45, 2.75) is 38.1 Å². The minimum atomic E-state index is -3.69. The first-order valence-electron chi connectivity index (χ1n) is 10.4. The molecule has 1 amide bonds. The Kier molecular flexibility index (Phi) is 7.03. The van der Waals surface area contributed by atoms with Crippen molar-refractivity contribution in [1.82, 2.24) is 10.2 Å². The van der Waals surface area contributed by atoms with Gasteiger partial charge in [0.25, 0.3) is 15.9 Å². The van der Waals surface area contributed by atoms with Crippen LogP contribution in [0, 0.1) is 13.8 Å². The van der Waals surface area contributed by atoms with Crippen molar-refractivity contribution in [1.29, 1.82) is 0 Å². The summed E-state index contributed by atoms with van der Waals surface area (Å²) in [7, 11) is -3.69. The van der Waals surface area contributed by atoms with Gasteiger partial charge in [0, 0.05) is 36.4 Å². The Labute approximate surface area is 184 Å². The van der Waals surface area contributed by atoms with Gasteiger partial charge in [-0.05, 0) is 75.2 Å². The van der Waals surface area contributed by atoms with Gasteiger partial charge in [0.2, 0.25) is 0 Å². The zero-order valence-electron chi connectivity index (χ0n) is 18.6. The van der Waals surface area contributed by atoms with E-state index in [0.29, 0.717) is 31.0 Å². The Morgan fingerprint density at radius 1 is 1.03 bits per heavy atom. The summed E-state index contributed by atoms with van der Waals surface area (Å²) in [6, 6.07) is 11.5. The van der Waals surface area contributed by atoms with Crippen LogP contribution in [-0.4, -0.2) is 57.6 Å². The molecule has 0 radical (unpaired) electrons. The summed E-state index contributed by atoms with van der Waals surface area (Å²) in [5.41, 5.74) is 2.65. The predicted molar refractivity (Wildman–Crippen MR) is 122 cm³/mol. The van der Waals surface area contributed by atoms with E-state index < -0.39 is 10.0 Å². The number of aryl methyl sites for hydroxylation is 2. The molecular weight excluding hydrogens is 414 g/mol. The Balaban J connectivity index is 1.61. The summed E-state index contributed by atoms with van der Waals surface area (Å²) in [5, 5.41) is 2.98. The Hall–Kier alpha value is -2.42. The standard InChI is InChI=1S/C23H31N3O4S/c1-17-5-10-21(15-18(17)2)31(28,29)25-20-8-6-19(7-9-20)22(27)24-16-23(3,4)26-11-13-30-14-12-26/h5-10,15,25H,11-14,16H2,1-4H3,(H,24,27). The van der Waals surface area contributed by atoms with E-state index in [9.17, 15) is 13.2 Å². The highest BCUT2D eigenvalue weighted by Crippen LogP contribution is 2.20. The number of benzene rings is 2. The predicted octanol–water partition coefficient (Wildman–Crippen LogP) is 2.94. The number of amides is 1. The van der Waals surface area contributed by atoms with Gasteiger partial charge in [0.05, 0.1) is 18.1 Å². The maximum absolute atomic E-state index is 12.6. The van der Waals surface area contributed by atoms with Crippen molar-refractivity contribution >= 4 is 21.6 Å². The third-order valence-corrected chi connectivity index (χ3v) is 7.12. The number of rotatable bonds is 7. The van der Waals surface area contributed by atoms with Gasteiger partial charge in [-0.3, -0.25) is 14.4 Å². The molecule has 0 aliphatic carbocycles. The number of nitrogens with zero attached hydrogens (tertiary/aromatic N) is 1. The van der Waals surface area contributed by atoms with Crippen molar-refractivity contribution in [2.24, 2.45) is 0 Å². The summed E-state index contributed by atoms with van der Waals surface area (Å²) < 4.78 is 33.3. The van der Waals surface area contributed by atoms with Crippen molar-refractivity contribution in [3.63, 3.8) is 0 Å². The number of morpholine rings is 1. The second-order valence-electron chi connectivity index (χ2n) is 8.52. The molecule has 2 N–H and O–H groups in total. The number of nitrogens with one attached hydrogen (secondary N) is 2. The maximum Gasteiger partial charge on any atom is 0.261 e.